The van der Waals surface area contributed by atoms with E-state index in [9.17, 15) is 0 Å². The lowest BCUT2D eigenvalue weighted by Crippen LogP contribution is -2.18. The van der Waals surface area contributed by atoms with E-state index in [1.807, 2.05) is 7.05 Å². The Kier molecular flexibility index (Phi) is 3.35. The highest BCUT2D eigenvalue weighted by molar-refractivity contribution is 7.16. The third kappa shape index (κ3) is 2.41. The molecule has 3 aromatic rings. The Morgan fingerprint density at radius 3 is 2.84 bits per heavy atom. The van der Waals surface area contributed by atoms with Gasteiger partial charge in [-0.05, 0) is 22.9 Å². The van der Waals surface area contributed by atoms with Crippen molar-refractivity contribution in [2.45, 2.75) is 6.54 Å². The zero-order valence-electron chi connectivity index (χ0n) is 10.8. The molecule has 4 nitrogen and oxygen atoms in total. The van der Waals surface area contributed by atoms with Crippen LogP contribution in [0.4, 0.5) is 11.8 Å². The van der Waals surface area contributed by atoms with Gasteiger partial charge in [-0.2, -0.15) is 4.98 Å². The summed E-state index contributed by atoms with van der Waals surface area (Å²) < 4.78 is 0. The van der Waals surface area contributed by atoms with Crippen LogP contribution >= 0.6 is 22.7 Å². The fourth-order valence-electron chi connectivity index (χ4n) is 1.95. The van der Waals surface area contributed by atoms with Gasteiger partial charge in [0.25, 0.3) is 0 Å². The van der Waals surface area contributed by atoms with E-state index in [1.54, 1.807) is 22.7 Å². The molecule has 3 aromatic heterocycles. The van der Waals surface area contributed by atoms with Crippen molar-refractivity contribution in [1.82, 2.24) is 9.97 Å². The summed E-state index contributed by atoms with van der Waals surface area (Å²) in [4.78, 5) is 13.6. The first-order chi connectivity index (χ1) is 9.28. The first kappa shape index (κ1) is 12.4. The molecule has 0 bridgehead atoms. The number of hydrogen-bond donors (Lipinski definition) is 1. The van der Waals surface area contributed by atoms with Gasteiger partial charge in [0.15, 0.2) is 0 Å². The Morgan fingerprint density at radius 2 is 2.11 bits per heavy atom. The van der Waals surface area contributed by atoms with Crippen LogP contribution in [-0.4, -0.2) is 24.1 Å². The Hall–Kier alpha value is -1.66. The molecule has 0 spiro atoms. The number of nitrogens with one attached hydrogen (secondary N) is 1. The average molecular weight is 290 g/mol. The van der Waals surface area contributed by atoms with Gasteiger partial charge in [-0.25, -0.2) is 4.98 Å². The van der Waals surface area contributed by atoms with Gasteiger partial charge in [-0.3, -0.25) is 0 Å². The number of hydrogen-bond acceptors (Lipinski definition) is 6. The van der Waals surface area contributed by atoms with Crippen LogP contribution in [0.1, 0.15) is 4.88 Å². The van der Waals surface area contributed by atoms with E-state index >= 15 is 0 Å². The average Bonchev–Trinajstić information content (AvgIpc) is 3.07. The monoisotopic (exact) mass is 290 g/mol. The minimum atomic E-state index is 0.669. The highest BCUT2D eigenvalue weighted by Gasteiger charge is 2.12. The molecule has 1 N–H and O–H groups in total. The fraction of sp³-hybridized carbons (Fsp3) is 0.231. The van der Waals surface area contributed by atoms with Crippen LogP contribution in [0, 0.1) is 0 Å². The normalized spacial score (nSPS) is 10.8. The number of thiophene rings is 2. The minimum absolute atomic E-state index is 0.669. The molecule has 0 unspecified atom stereocenters. The molecular formula is C13H14N4S2. The zero-order chi connectivity index (χ0) is 13.2. The van der Waals surface area contributed by atoms with Crippen molar-refractivity contribution in [2.75, 3.05) is 24.3 Å². The van der Waals surface area contributed by atoms with Crippen LogP contribution in [0.3, 0.4) is 0 Å². The van der Waals surface area contributed by atoms with E-state index in [0.29, 0.717) is 5.95 Å². The zero-order valence-corrected chi connectivity index (χ0v) is 12.4. The van der Waals surface area contributed by atoms with Gasteiger partial charge < -0.3 is 10.2 Å². The van der Waals surface area contributed by atoms with Crippen molar-refractivity contribution in [1.29, 1.82) is 0 Å². The number of anilines is 2. The van der Waals surface area contributed by atoms with Crippen molar-refractivity contribution >= 4 is 44.7 Å². The molecule has 3 rings (SSSR count). The SMILES string of the molecule is CNc1nc(N(C)Cc2cccs2)c2ccsc2n1. The predicted octanol–water partition coefficient (Wildman–Crippen LogP) is 3.43. The van der Waals surface area contributed by atoms with Crippen molar-refractivity contribution in [3.8, 4) is 0 Å². The third-order valence-electron chi connectivity index (χ3n) is 2.86. The summed E-state index contributed by atoms with van der Waals surface area (Å²) in [7, 11) is 3.91. The lowest BCUT2D eigenvalue weighted by atomic mass is 10.3. The van der Waals surface area contributed by atoms with Crippen molar-refractivity contribution in [3.63, 3.8) is 0 Å². The summed E-state index contributed by atoms with van der Waals surface area (Å²) in [5.41, 5.74) is 0. The second kappa shape index (κ2) is 5.14. The Labute approximate surface area is 119 Å². The lowest BCUT2D eigenvalue weighted by Gasteiger charge is -2.18. The second-order valence-electron chi connectivity index (χ2n) is 4.20. The summed E-state index contributed by atoms with van der Waals surface area (Å²) >= 11 is 3.41. The lowest BCUT2D eigenvalue weighted by molar-refractivity contribution is 0.916. The number of nitrogens with zero attached hydrogens (tertiary/aromatic N) is 3. The van der Waals surface area contributed by atoms with Crippen LogP contribution < -0.4 is 10.2 Å². The summed E-state index contributed by atoms with van der Waals surface area (Å²) in [5.74, 6) is 1.65. The smallest absolute Gasteiger partial charge is 0.225 e. The summed E-state index contributed by atoms with van der Waals surface area (Å²) in [5, 5.41) is 8.29. The molecule has 0 radical (unpaired) electrons. The number of fused-ring (bicyclic) bond motifs is 1. The van der Waals surface area contributed by atoms with Gasteiger partial charge >= 0.3 is 0 Å². The van der Waals surface area contributed by atoms with Gasteiger partial charge in [-0.1, -0.05) is 6.07 Å². The molecule has 0 fully saturated rings. The second-order valence-corrected chi connectivity index (χ2v) is 6.12. The van der Waals surface area contributed by atoms with Gasteiger partial charge in [0, 0.05) is 19.0 Å². The summed E-state index contributed by atoms with van der Waals surface area (Å²) in [6.07, 6.45) is 0. The highest BCUT2D eigenvalue weighted by Crippen LogP contribution is 2.29. The van der Waals surface area contributed by atoms with Crippen LogP contribution in [-0.2, 0) is 6.54 Å². The molecule has 0 amide bonds. The molecule has 0 saturated heterocycles. The van der Waals surface area contributed by atoms with Crippen LogP contribution in [0.2, 0.25) is 0 Å². The fourth-order valence-corrected chi connectivity index (χ4v) is 3.47. The molecule has 3 heterocycles. The van der Waals surface area contributed by atoms with Gasteiger partial charge in [-0.15, -0.1) is 22.7 Å². The molecule has 0 aliphatic carbocycles. The van der Waals surface area contributed by atoms with Gasteiger partial charge in [0.1, 0.15) is 10.6 Å². The van der Waals surface area contributed by atoms with E-state index in [0.717, 1.165) is 22.6 Å². The predicted molar refractivity (Wildman–Crippen MR) is 83.4 cm³/mol. The Balaban J connectivity index is 2.00. The van der Waals surface area contributed by atoms with E-state index in [1.165, 1.54) is 4.88 Å². The first-order valence-electron chi connectivity index (χ1n) is 5.94. The molecule has 6 heteroatoms. The van der Waals surface area contributed by atoms with Gasteiger partial charge in [0.05, 0.1) is 11.9 Å². The largest absolute Gasteiger partial charge is 0.357 e. The molecule has 98 valence electrons. The quantitative estimate of drug-likeness (QED) is 0.799. The highest BCUT2D eigenvalue weighted by atomic mass is 32.1. The molecule has 0 aliphatic rings. The molecule has 0 aliphatic heterocycles. The van der Waals surface area contributed by atoms with E-state index in [2.05, 4.69) is 56.2 Å². The minimum Gasteiger partial charge on any atom is -0.357 e. The van der Waals surface area contributed by atoms with E-state index < -0.39 is 0 Å². The first-order valence-corrected chi connectivity index (χ1v) is 7.70. The third-order valence-corrected chi connectivity index (χ3v) is 4.53. The van der Waals surface area contributed by atoms with Crippen molar-refractivity contribution in [2.24, 2.45) is 0 Å². The number of aromatic nitrogens is 2. The number of rotatable bonds is 4. The maximum atomic E-state index is 4.59. The van der Waals surface area contributed by atoms with E-state index in [-0.39, 0.29) is 0 Å². The topological polar surface area (TPSA) is 41.1 Å². The Morgan fingerprint density at radius 1 is 1.21 bits per heavy atom. The van der Waals surface area contributed by atoms with Crippen LogP contribution in [0.25, 0.3) is 10.2 Å². The van der Waals surface area contributed by atoms with Crippen LogP contribution in [0.15, 0.2) is 29.0 Å². The molecular weight excluding hydrogens is 276 g/mol. The molecule has 0 atom stereocenters. The maximum absolute atomic E-state index is 4.59. The molecule has 19 heavy (non-hydrogen) atoms. The van der Waals surface area contributed by atoms with Crippen molar-refractivity contribution < 1.29 is 0 Å². The van der Waals surface area contributed by atoms with Crippen LogP contribution in [0.5, 0.6) is 0 Å². The molecule has 0 aromatic carbocycles. The summed E-state index contributed by atoms with van der Waals surface area (Å²) in [6.45, 7) is 0.864. The molecule has 0 saturated carbocycles. The van der Waals surface area contributed by atoms with Crippen molar-refractivity contribution in [3.05, 3.63) is 33.8 Å². The summed E-state index contributed by atoms with van der Waals surface area (Å²) in [6, 6.07) is 6.30. The van der Waals surface area contributed by atoms with Gasteiger partial charge in [0.2, 0.25) is 5.95 Å². The van der Waals surface area contributed by atoms with E-state index in [4.69, 9.17) is 0 Å². The Bertz CT molecular complexity index is 675. The maximum Gasteiger partial charge on any atom is 0.225 e. The standard InChI is InChI=1S/C13H14N4S2/c1-14-13-15-11(10-5-7-19-12(10)16-13)17(2)8-9-4-3-6-18-9/h3-7H,8H2,1-2H3,(H,14,15,16).